The molecular weight excluding hydrogens is 242 g/mol. The second-order valence-electron chi connectivity index (χ2n) is 4.25. The van der Waals surface area contributed by atoms with E-state index >= 15 is 0 Å². The van der Waals surface area contributed by atoms with Crippen molar-refractivity contribution >= 4 is 22.5 Å². The first-order chi connectivity index (χ1) is 9.13. The number of likely N-dealkylation sites (N-methyl/N-ethyl adjacent to an activating group) is 1. The number of carbonyl (C=O) groups excluding carboxylic acids is 1. The topological polar surface area (TPSA) is 68.5 Å². The van der Waals surface area contributed by atoms with Crippen molar-refractivity contribution in [3.8, 4) is 5.75 Å². The van der Waals surface area contributed by atoms with Gasteiger partial charge in [0, 0.05) is 25.2 Å². The van der Waals surface area contributed by atoms with E-state index in [0.29, 0.717) is 23.5 Å². The van der Waals surface area contributed by atoms with Gasteiger partial charge in [0.1, 0.15) is 5.75 Å². The zero-order chi connectivity index (χ0) is 13.8. The van der Waals surface area contributed by atoms with Gasteiger partial charge >= 0.3 is 0 Å². The Morgan fingerprint density at radius 2 is 2.21 bits per heavy atom. The van der Waals surface area contributed by atoms with E-state index in [2.05, 4.69) is 4.98 Å². The Morgan fingerprint density at radius 3 is 2.95 bits per heavy atom. The fourth-order valence-electron chi connectivity index (χ4n) is 1.72. The summed E-state index contributed by atoms with van der Waals surface area (Å²) < 4.78 is 5.57. The van der Waals surface area contributed by atoms with Crippen LogP contribution in [0.15, 0.2) is 30.5 Å². The summed E-state index contributed by atoms with van der Waals surface area (Å²) in [7, 11) is 1.74. The average molecular weight is 259 g/mol. The number of benzene rings is 1. The fourth-order valence-corrected chi connectivity index (χ4v) is 1.72. The van der Waals surface area contributed by atoms with Crippen LogP contribution in [-0.2, 0) is 4.79 Å². The van der Waals surface area contributed by atoms with Crippen LogP contribution in [0.5, 0.6) is 5.75 Å². The Bertz CT molecular complexity index is 598. The third-order valence-electron chi connectivity index (χ3n) is 3.01. The summed E-state index contributed by atoms with van der Waals surface area (Å²) in [6.07, 6.45) is 1.68. The van der Waals surface area contributed by atoms with Gasteiger partial charge in [0.05, 0.1) is 11.2 Å². The van der Waals surface area contributed by atoms with Crippen molar-refractivity contribution in [2.45, 2.75) is 6.92 Å². The molecule has 0 spiro atoms. The minimum atomic E-state index is -0.0589. The number of ether oxygens (including phenoxy) is 1. The zero-order valence-corrected chi connectivity index (χ0v) is 11.1. The van der Waals surface area contributed by atoms with Crippen LogP contribution in [-0.4, -0.2) is 36.0 Å². The van der Waals surface area contributed by atoms with Gasteiger partial charge in [0.15, 0.2) is 6.61 Å². The normalized spacial score (nSPS) is 10.4. The van der Waals surface area contributed by atoms with E-state index in [-0.39, 0.29) is 12.5 Å². The number of rotatable bonds is 4. The zero-order valence-electron chi connectivity index (χ0n) is 11.1. The maximum atomic E-state index is 11.7. The first kappa shape index (κ1) is 13.1. The summed E-state index contributed by atoms with van der Waals surface area (Å²) in [5, 5.41) is 0.814. The molecule has 2 rings (SSSR count). The van der Waals surface area contributed by atoms with Gasteiger partial charge in [-0.25, -0.2) is 0 Å². The highest BCUT2D eigenvalue weighted by atomic mass is 16.5. The van der Waals surface area contributed by atoms with Crippen molar-refractivity contribution in [3.63, 3.8) is 0 Å². The van der Waals surface area contributed by atoms with Gasteiger partial charge in [-0.2, -0.15) is 0 Å². The third kappa shape index (κ3) is 2.76. The molecule has 1 aromatic heterocycles. The molecule has 1 amide bonds. The number of nitrogens with zero attached hydrogens (tertiary/aromatic N) is 2. The third-order valence-corrected chi connectivity index (χ3v) is 3.01. The van der Waals surface area contributed by atoms with E-state index in [1.165, 1.54) is 0 Å². The standard InChI is InChI=1S/C14H17N3O2/c1-3-17(2)13(18)9-19-12-7-6-11(15)14-10(12)5-4-8-16-14/h4-8H,3,9,15H2,1-2H3. The van der Waals surface area contributed by atoms with E-state index in [9.17, 15) is 4.79 Å². The number of hydrogen-bond donors (Lipinski definition) is 1. The Kier molecular flexibility index (Phi) is 3.85. The average Bonchev–Trinajstić information content (AvgIpc) is 2.45. The smallest absolute Gasteiger partial charge is 0.260 e. The van der Waals surface area contributed by atoms with Crippen LogP contribution in [0.3, 0.4) is 0 Å². The molecule has 0 saturated heterocycles. The van der Waals surface area contributed by atoms with Crippen molar-refractivity contribution in [2.75, 3.05) is 25.9 Å². The van der Waals surface area contributed by atoms with Crippen LogP contribution in [0, 0.1) is 0 Å². The molecule has 0 unspecified atom stereocenters. The number of aromatic nitrogens is 1. The van der Waals surface area contributed by atoms with Crippen LogP contribution in [0.1, 0.15) is 6.92 Å². The first-order valence-corrected chi connectivity index (χ1v) is 6.13. The number of anilines is 1. The van der Waals surface area contributed by atoms with E-state index in [4.69, 9.17) is 10.5 Å². The quantitative estimate of drug-likeness (QED) is 0.848. The lowest BCUT2D eigenvalue weighted by molar-refractivity contribution is -0.131. The van der Waals surface area contributed by atoms with Crippen LogP contribution in [0.2, 0.25) is 0 Å². The lowest BCUT2D eigenvalue weighted by atomic mass is 10.2. The highest BCUT2D eigenvalue weighted by Gasteiger charge is 2.10. The second-order valence-corrected chi connectivity index (χ2v) is 4.25. The molecule has 0 radical (unpaired) electrons. The van der Waals surface area contributed by atoms with E-state index in [0.717, 1.165) is 5.39 Å². The summed E-state index contributed by atoms with van der Waals surface area (Å²) in [4.78, 5) is 17.5. The van der Waals surface area contributed by atoms with Gasteiger partial charge in [-0.05, 0) is 31.2 Å². The molecule has 5 nitrogen and oxygen atoms in total. The summed E-state index contributed by atoms with van der Waals surface area (Å²) in [5.41, 5.74) is 7.15. The van der Waals surface area contributed by atoms with E-state index in [1.54, 1.807) is 30.3 Å². The molecule has 0 bridgehead atoms. The molecule has 0 aliphatic heterocycles. The monoisotopic (exact) mass is 259 g/mol. The molecule has 0 aliphatic rings. The molecule has 2 N–H and O–H groups in total. The molecule has 0 aliphatic carbocycles. The van der Waals surface area contributed by atoms with Crippen LogP contribution >= 0.6 is 0 Å². The van der Waals surface area contributed by atoms with Crippen molar-refractivity contribution in [1.82, 2.24) is 9.88 Å². The number of nitrogen functional groups attached to an aromatic ring is 1. The molecule has 0 atom stereocenters. The Hall–Kier alpha value is -2.30. The number of fused-ring (bicyclic) bond motifs is 1. The summed E-state index contributed by atoms with van der Waals surface area (Å²) >= 11 is 0. The number of hydrogen-bond acceptors (Lipinski definition) is 4. The van der Waals surface area contributed by atoms with Crippen LogP contribution < -0.4 is 10.5 Å². The van der Waals surface area contributed by atoms with E-state index < -0.39 is 0 Å². The highest BCUT2D eigenvalue weighted by molar-refractivity contribution is 5.94. The highest BCUT2D eigenvalue weighted by Crippen LogP contribution is 2.28. The van der Waals surface area contributed by atoms with Crippen molar-refractivity contribution in [1.29, 1.82) is 0 Å². The molecule has 5 heteroatoms. The van der Waals surface area contributed by atoms with Gasteiger partial charge < -0.3 is 15.4 Å². The largest absolute Gasteiger partial charge is 0.483 e. The summed E-state index contributed by atoms with van der Waals surface area (Å²) in [5.74, 6) is 0.562. The predicted molar refractivity (Wildman–Crippen MR) is 75.0 cm³/mol. The molecular formula is C14H17N3O2. The number of carbonyl (C=O) groups is 1. The maximum absolute atomic E-state index is 11.7. The minimum Gasteiger partial charge on any atom is -0.483 e. The van der Waals surface area contributed by atoms with Crippen molar-refractivity contribution in [2.24, 2.45) is 0 Å². The second kappa shape index (κ2) is 5.56. The molecule has 100 valence electrons. The molecule has 2 aromatic rings. The fraction of sp³-hybridized carbons (Fsp3) is 0.286. The molecule has 1 aromatic carbocycles. The summed E-state index contributed by atoms with van der Waals surface area (Å²) in [6.45, 7) is 2.59. The van der Waals surface area contributed by atoms with E-state index in [1.807, 2.05) is 19.1 Å². The Labute approximate surface area is 112 Å². The molecule has 0 fully saturated rings. The SMILES string of the molecule is CCN(C)C(=O)COc1ccc(N)c2ncccc12. The number of amides is 1. The molecule has 19 heavy (non-hydrogen) atoms. The van der Waals surface area contributed by atoms with Gasteiger partial charge in [-0.15, -0.1) is 0 Å². The van der Waals surface area contributed by atoms with Gasteiger partial charge in [0.25, 0.3) is 5.91 Å². The van der Waals surface area contributed by atoms with Gasteiger partial charge in [0.2, 0.25) is 0 Å². The van der Waals surface area contributed by atoms with Crippen molar-refractivity contribution in [3.05, 3.63) is 30.5 Å². The summed E-state index contributed by atoms with van der Waals surface area (Å²) in [6, 6.07) is 7.19. The maximum Gasteiger partial charge on any atom is 0.260 e. The van der Waals surface area contributed by atoms with Gasteiger partial charge in [-0.1, -0.05) is 0 Å². The van der Waals surface area contributed by atoms with Crippen LogP contribution in [0.25, 0.3) is 10.9 Å². The molecule has 0 saturated carbocycles. The Morgan fingerprint density at radius 1 is 1.42 bits per heavy atom. The first-order valence-electron chi connectivity index (χ1n) is 6.13. The number of nitrogens with two attached hydrogens (primary N) is 1. The molecule has 1 heterocycles. The lowest BCUT2D eigenvalue weighted by Crippen LogP contribution is -2.31. The Balaban J connectivity index is 2.22. The van der Waals surface area contributed by atoms with Gasteiger partial charge in [-0.3, -0.25) is 9.78 Å². The minimum absolute atomic E-state index is 0.0122. The number of pyridine rings is 1. The lowest BCUT2D eigenvalue weighted by Gasteiger charge is -2.15. The predicted octanol–water partition coefficient (Wildman–Crippen LogP) is 1.67. The van der Waals surface area contributed by atoms with Crippen molar-refractivity contribution < 1.29 is 9.53 Å². The van der Waals surface area contributed by atoms with Crippen LogP contribution in [0.4, 0.5) is 5.69 Å².